The maximum Gasteiger partial charge on any atom is 0.274 e. The summed E-state index contributed by atoms with van der Waals surface area (Å²) >= 11 is 0. The minimum absolute atomic E-state index is 0.243. The van der Waals surface area contributed by atoms with E-state index in [0.29, 0.717) is 11.3 Å². The molecule has 5 nitrogen and oxygen atoms in total. The molecule has 0 aliphatic carbocycles. The molecule has 0 aliphatic heterocycles. The van der Waals surface area contributed by atoms with Crippen molar-refractivity contribution in [2.45, 2.75) is 0 Å². The number of aromatic amines is 1. The van der Waals surface area contributed by atoms with Gasteiger partial charge in [-0.3, -0.25) is 4.79 Å². The van der Waals surface area contributed by atoms with E-state index >= 15 is 0 Å². The molecule has 1 N–H and O–H groups in total. The van der Waals surface area contributed by atoms with Crippen LogP contribution in [0.1, 0.15) is 0 Å². The summed E-state index contributed by atoms with van der Waals surface area (Å²) in [6.45, 7) is 0. The number of nitrogens with zero attached hydrogens (tertiary/aromatic N) is 2. The quantitative estimate of drug-likeness (QED) is 0.623. The fraction of sp³-hybridized carbons (Fsp3) is 0.0526. The van der Waals surface area contributed by atoms with E-state index in [4.69, 9.17) is 4.74 Å². The van der Waals surface area contributed by atoms with Crippen LogP contribution in [-0.2, 0) is 0 Å². The van der Waals surface area contributed by atoms with Gasteiger partial charge in [0.25, 0.3) is 5.56 Å². The molecule has 0 unspecified atom stereocenters. The normalized spacial score (nSPS) is 11.0. The summed E-state index contributed by atoms with van der Waals surface area (Å²) < 4.78 is 19.6. The summed E-state index contributed by atoms with van der Waals surface area (Å²) in [4.78, 5) is 15.6. The van der Waals surface area contributed by atoms with Gasteiger partial charge in [-0.05, 0) is 47.5 Å². The maximum absolute atomic E-state index is 13.2. The average molecular weight is 335 g/mol. The number of hydrogen-bond acceptors (Lipinski definition) is 3. The molecule has 0 atom stereocenters. The van der Waals surface area contributed by atoms with Crippen LogP contribution in [0.3, 0.4) is 0 Å². The first-order valence-electron chi connectivity index (χ1n) is 7.67. The Bertz CT molecular complexity index is 1100. The number of hydrogen-bond donors (Lipinski definition) is 1. The zero-order valence-electron chi connectivity index (χ0n) is 13.4. The van der Waals surface area contributed by atoms with Crippen LogP contribution in [0, 0.1) is 5.82 Å². The van der Waals surface area contributed by atoms with Crippen molar-refractivity contribution in [3.05, 3.63) is 77.0 Å². The van der Waals surface area contributed by atoms with Crippen LogP contribution in [0.4, 0.5) is 4.39 Å². The van der Waals surface area contributed by atoms with Crippen molar-refractivity contribution in [2.75, 3.05) is 7.11 Å². The fourth-order valence-corrected chi connectivity index (χ4v) is 2.75. The summed E-state index contributed by atoms with van der Waals surface area (Å²) in [5.41, 5.74) is 3.35. The number of fused-ring (bicyclic) bond motifs is 1. The van der Waals surface area contributed by atoms with Gasteiger partial charge in [-0.1, -0.05) is 12.1 Å². The first kappa shape index (κ1) is 15.1. The van der Waals surface area contributed by atoms with Gasteiger partial charge in [0.15, 0.2) is 0 Å². The third-order valence-corrected chi connectivity index (χ3v) is 4.06. The number of aromatic nitrogens is 3. The topological polar surface area (TPSA) is 59.4 Å². The Labute approximate surface area is 142 Å². The van der Waals surface area contributed by atoms with Gasteiger partial charge in [-0.25, -0.2) is 4.39 Å². The Morgan fingerprint density at radius 2 is 1.72 bits per heavy atom. The molecule has 4 rings (SSSR count). The highest BCUT2D eigenvalue weighted by Crippen LogP contribution is 2.25. The molecule has 25 heavy (non-hydrogen) atoms. The Morgan fingerprint density at radius 3 is 2.40 bits per heavy atom. The van der Waals surface area contributed by atoms with Gasteiger partial charge in [0.1, 0.15) is 17.2 Å². The van der Waals surface area contributed by atoms with E-state index in [1.165, 1.54) is 22.7 Å². The minimum atomic E-state index is -0.312. The second-order valence-electron chi connectivity index (χ2n) is 5.58. The molecule has 0 saturated carbocycles. The zero-order valence-corrected chi connectivity index (χ0v) is 13.4. The fourth-order valence-electron chi connectivity index (χ4n) is 2.75. The first-order chi connectivity index (χ1) is 12.2. The summed E-state index contributed by atoms with van der Waals surface area (Å²) in [6.07, 6.45) is 1.60. The highest BCUT2D eigenvalue weighted by atomic mass is 19.1. The van der Waals surface area contributed by atoms with E-state index in [2.05, 4.69) is 10.1 Å². The minimum Gasteiger partial charge on any atom is -0.497 e. The highest BCUT2D eigenvalue weighted by molar-refractivity contribution is 5.78. The third-order valence-electron chi connectivity index (χ3n) is 4.06. The molecule has 0 spiro atoms. The SMILES string of the molecule is COc1ccc(-c2cc(=O)n3ncc(-c4ccc(F)cc4)c3[nH]2)cc1. The number of methoxy groups -OCH3 is 1. The number of H-pyrrole nitrogens is 1. The van der Waals surface area contributed by atoms with E-state index in [0.717, 1.165) is 22.4 Å². The van der Waals surface area contributed by atoms with Crippen molar-refractivity contribution in [3.63, 3.8) is 0 Å². The molecule has 124 valence electrons. The number of ether oxygens (including phenoxy) is 1. The predicted octanol–water partition coefficient (Wildman–Crippen LogP) is 3.50. The van der Waals surface area contributed by atoms with Crippen LogP contribution >= 0.6 is 0 Å². The van der Waals surface area contributed by atoms with Crippen LogP contribution in [0.2, 0.25) is 0 Å². The molecular formula is C19H14FN3O2. The molecule has 0 bridgehead atoms. The summed E-state index contributed by atoms with van der Waals surface area (Å²) in [5, 5.41) is 4.14. The van der Waals surface area contributed by atoms with Crippen molar-refractivity contribution in [1.29, 1.82) is 0 Å². The molecule has 0 aliphatic rings. The number of rotatable bonds is 3. The molecule has 2 aromatic carbocycles. The van der Waals surface area contributed by atoms with E-state index in [1.807, 2.05) is 24.3 Å². The van der Waals surface area contributed by atoms with E-state index in [1.54, 1.807) is 25.4 Å². The second kappa shape index (κ2) is 5.90. The van der Waals surface area contributed by atoms with Gasteiger partial charge in [0.2, 0.25) is 0 Å². The summed E-state index contributed by atoms with van der Waals surface area (Å²) in [7, 11) is 1.60. The molecule has 2 heterocycles. The van der Waals surface area contributed by atoms with Crippen molar-refractivity contribution >= 4 is 5.65 Å². The zero-order chi connectivity index (χ0) is 17.4. The first-order valence-corrected chi connectivity index (χ1v) is 7.67. The molecule has 4 aromatic rings. The van der Waals surface area contributed by atoms with Gasteiger partial charge in [0, 0.05) is 11.6 Å². The average Bonchev–Trinajstić information content (AvgIpc) is 3.07. The third kappa shape index (κ3) is 2.67. The van der Waals surface area contributed by atoms with Crippen LogP contribution in [0.25, 0.3) is 28.0 Å². The number of nitrogens with one attached hydrogen (secondary N) is 1. The van der Waals surface area contributed by atoms with Gasteiger partial charge < -0.3 is 9.72 Å². The van der Waals surface area contributed by atoms with Crippen molar-refractivity contribution in [1.82, 2.24) is 14.6 Å². The van der Waals surface area contributed by atoms with E-state index in [-0.39, 0.29) is 11.4 Å². The Kier molecular flexibility index (Phi) is 3.57. The second-order valence-corrected chi connectivity index (χ2v) is 5.58. The molecule has 6 heteroatoms. The summed E-state index contributed by atoms with van der Waals surface area (Å²) in [6, 6.07) is 15.0. The predicted molar refractivity (Wildman–Crippen MR) is 93.2 cm³/mol. The van der Waals surface area contributed by atoms with Gasteiger partial charge in [-0.2, -0.15) is 9.61 Å². The monoisotopic (exact) mass is 335 g/mol. The maximum atomic E-state index is 13.2. The number of benzene rings is 2. The van der Waals surface area contributed by atoms with Gasteiger partial charge in [-0.15, -0.1) is 0 Å². The van der Waals surface area contributed by atoms with Crippen molar-refractivity contribution < 1.29 is 9.13 Å². The smallest absolute Gasteiger partial charge is 0.274 e. The van der Waals surface area contributed by atoms with Crippen LogP contribution in [0.15, 0.2) is 65.6 Å². The Hall–Kier alpha value is -3.41. The largest absolute Gasteiger partial charge is 0.497 e. The van der Waals surface area contributed by atoms with Gasteiger partial charge >= 0.3 is 0 Å². The van der Waals surface area contributed by atoms with Gasteiger partial charge in [0.05, 0.1) is 19.0 Å². The standard InChI is InChI=1S/C19H14FN3O2/c1-25-15-8-4-13(5-9-15)17-10-18(24)23-19(22-17)16(11-21-23)12-2-6-14(20)7-3-12/h2-11,22H,1H3. The van der Waals surface area contributed by atoms with Crippen LogP contribution in [0.5, 0.6) is 5.75 Å². The molecule has 0 fully saturated rings. The Balaban J connectivity index is 1.88. The Morgan fingerprint density at radius 1 is 1.04 bits per heavy atom. The van der Waals surface area contributed by atoms with E-state index in [9.17, 15) is 9.18 Å². The van der Waals surface area contributed by atoms with Crippen molar-refractivity contribution in [3.8, 4) is 28.1 Å². The van der Waals surface area contributed by atoms with E-state index < -0.39 is 0 Å². The lowest BCUT2D eigenvalue weighted by molar-refractivity contribution is 0.415. The van der Waals surface area contributed by atoms with Crippen LogP contribution in [-0.4, -0.2) is 21.7 Å². The summed E-state index contributed by atoms with van der Waals surface area (Å²) in [5.74, 6) is 0.427. The molecule has 2 aromatic heterocycles. The van der Waals surface area contributed by atoms with Crippen LogP contribution < -0.4 is 10.3 Å². The molecule has 0 radical (unpaired) electrons. The highest BCUT2D eigenvalue weighted by Gasteiger charge is 2.11. The molecule has 0 saturated heterocycles. The lowest BCUT2D eigenvalue weighted by Gasteiger charge is -2.06. The van der Waals surface area contributed by atoms with Crippen molar-refractivity contribution in [2.24, 2.45) is 0 Å². The number of halogens is 1. The lowest BCUT2D eigenvalue weighted by atomic mass is 10.1. The molecular weight excluding hydrogens is 321 g/mol. The molecule has 0 amide bonds. The lowest BCUT2D eigenvalue weighted by Crippen LogP contribution is -2.14.